The fourth-order valence-electron chi connectivity index (χ4n) is 3.45. The molecule has 2 aromatic heterocycles. The maximum absolute atomic E-state index is 14.1. The first kappa shape index (κ1) is 18.9. The third-order valence-electron chi connectivity index (χ3n) is 4.86. The Morgan fingerprint density at radius 3 is 2.74 bits per heavy atom. The largest absolute Gasteiger partial charge is 0.492 e. The van der Waals surface area contributed by atoms with Gasteiger partial charge in [-0.05, 0) is 30.3 Å². The average Bonchev–Trinajstić information content (AvgIpc) is 3.28. The Bertz CT molecular complexity index is 1330. The summed E-state index contributed by atoms with van der Waals surface area (Å²) in [6.45, 7) is 0.958. The molecule has 0 radical (unpaired) electrons. The van der Waals surface area contributed by atoms with E-state index in [1.54, 1.807) is 41.2 Å². The van der Waals surface area contributed by atoms with Crippen LogP contribution in [-0.4, -0.2) is 39.9 Å². The van der Waals surface area contributed by atoms with E-state index in [0.717, 1.165) is 0 Å². The van der Waals surface area contributed by atoms with Crippen LogP contribution in [0.4, 0.5) is 4.39 Å². The fourth-order valence-corrected chi connectivity index (χ4v) is 3.45. The Kier molecular flexibility index (Phi) is 4.62. The topological polar surface area (TPSA) is 80.4 Å². The molecule has 156 valence electrons. The normalized spacial score (nSPS) is 12.6. The zero-order valence-electron chi connectivity index (χ0n) is 16.5. The summed E-state index contributed by atoms with van der Waals surface area (Å²) >= 11 is 0. The van der Waals surface area contributed by atoms with Gasteiger partial charge in [0.05, 0.1) is 24.7 Å². The molecule has 0 aliphatic carbocycles. The highest BCUT2D eigenvalue weighted by Crippen LogP contribution is 2.33. The zero-order chi connectivity index (χ0) is 21.4. The number of ether oxygens (including phenoxy) is 3. The SMILES string of the molecule is COc1c(F)cccc1-n1ccc(=O)c(-c2ccnn2-c2ccc3c(c2)OCCO3)n1. The van der Waals surface area contributed by atoms with E-state index in [1.807, 2.05) is 6.07 Å². The van der Waals surface area contributed by atoms with Crippen molar-refractivity contribution in [3.8, 4) is 40.0 Å². The van der Waals surface area contributed by atoms with Crippen LogP contribution in [0.5, 0.6) is 17.2 Å². The smallest absolute Gasteiger partial charge is 0.209 e. The lowest BCUT2D eigenvalue weighted by molar-refractivity contribution is 0.171. The van der Waals surface area contributed by atoms with E-state index in [9.17, 15) is 9.18 Å². The lowest BCUT2D eigenvalue weighted by Crippen LogP contribution is -2.16. The number of halogens is 1. The minimum absolute atomic E-state index is 0.0324. The third kappa shape index (κ3) is 3.29. The van der Waals surface area contributed by atoms with Crippen molar-refractivity contribution in [1.82, 2.24) is 19.6 Å². The molecule has 9 heteroatoms. The van der Waals surface area contributed by atoms with Crippen LogP contribution in [0, 0.1) is 5.82 Å². The predicted octanol–water partition coefficient (Wildman–Crippen LogP) is 3.00. The summed E-state index contributed by atoms with van der Waals surface area (Å²) in [7, 11) is 1.38. The van der Waals surface area contributed by atoms with Crippen molar-refractivity contribution in [1.29, 1.82) is 0 Å². The molecule has 0 fully saturated rings. The second-order valence-corrected chi connectivity index (χ2v) is 6.72. The Labute approximate surface area is 176 Å². The van der Waals surface area contributed by atoms with Crippen LogP contribution in [0.1, 0.15) is 0 Å². The van der Waals surface area contributed by atoms with Crippen molar-refractivity contribution in [2.45, 2.75) is 0 Å². The van der Waals surface area contributed by atoms with Crippen molar-refractivity contribution in [2.75, 3.05) is 20.3 Å². The second kappa shape index (κ2) is 7.60. The minimum atomic E-state index is -0.525. The molecule has 4 aromatic rings. The van der Waals surface area contributed by atoms with Gasteiger partial charge in [-0.25, -0.2) is 13.8 Å². The molecule has 2 aromatic carbocycles. The molecular weight excluding hydrogens is 403 g/mol. The molecule has 1 aliphatic rings. The van der Waals surface area contributed by atoms with Gasteiger partial charge in [0, 0.05) is 18.3 Å². The van der Waals surface area contributed by atoms with Gasteiger partial charge in [-0.1, -0.05) is 6.07 Å². The van der Waals surface area contributed by atoms with Gasteiger partial charge in [0.15, 0.2) is 28.8 Å². The number of benzene rings is 2. The Balaban J connectivity index is 1.62. The average molecular weight is 420 g/mol. The molecule has 0 spiro atoms. The summed E-state index contributed by atoms with van der Waals surface area (Å²) in [5.74, 6) is 0.767. The first-order chi connectivity index (χ1) is 15.2. The van der Waals surface area contributed by atoms with Crippen LogP contribution in [0.15, 0.2) is 65.7 Å². The summed E-state index contributed by atoms with van der Waals surface area (Å²) in [4.78, 5) is 12.7. The van der Waals surface area contributed by atoms with Crippen LogP contribution >= 0.6 is 0 Å². The highest BCUT2D eigenvalue weighted by molar-refractivity contribution is 5.59. The first-order valence-corrected chi connectivity index (χ1v) is 9.53. The molecule has 0 amide bonds. The van der Waals surface area contributed by atoms with Gasteiger partial charge in [0.2, 0.25) is 5.43 Å². The predicted molar refractivity (Wildman–Crippen MR) is 110 cm³/mol. The monoisotopic (exact) mass is 420 g/mol. The lowest BCUT2D eigenvalue weighted by atomic mass is 10.2. The first-order valence-electron chi connectivity index (χ1n) is 9.53. The summed E-state index contributed by atoms with van der Waals surface area (Å²) < 4.78 is 33.5. The molecule has 5 rings (SSSR count). The summed E-state index contributed by atoms with van der Waals surface area (Å²) in [6, 6.07) is 13.0. The number of hydrogen-bond donors (Lipinski definition) is 0. The Morgan fingerprint density at radius 2 is 1.90 bits per heavy atom. The maximum atomic E-state index is 14.1. The molecule has 0 unspecified atom stereocenters. The number of methoxy groups -OCH3 is 1. The highest BCUT2D eigenvalue weighted by Gasteiger charge is 2.18. The molecule has 0 saturated heterocycles. The molecule has 1 aliphatic heterocycles. The highest BCUT2D eigenvalue weighted by atomic mass is 19.1. The van der Waals surface area contributed by atoms with Crippen LogP contribution in [0.2, 0.25) is 0 Å². The lowest BCUT2D eigenvalue weighted by Gasteiger charge is -2.19. The van der Waals surface area contributed by atoms with Gasteiger partial charge >= 0.3 is 0 Å². The number of aromatic nitrogens is 4. The van der Waals surface area contributed by atoms with Gasteiger partial charge in [-0.15, -0.1) is 0 Å². The van der Waals surface area contributed by atoms with Gasteiger partial charge in [-0.2, -0.15) is 10.2 Å². The van der Waals surface area contributed by atoms with Gasteiger partial charge in [0.1, 0.15) is 18.9 Å². The van der Waals surface area contributed by atoms with Crippen LogP contribution in [0.25, 0.3) is 22.8 Å². The minimum Gasteiger partial charge on any atom is -0.492 e. The van der Waals surface area contributed by atoms with E-state index >= 15 is 0 Å². The molecular formula is C22H17FN4O4. The van der Waals surface area contributed by atoms with E-state index in [-0.39, 0.29) is 16.9 Å². The van der Waals surface area contributed by atoms with E-state index in [1.165, 1.54) is 30.1 Å². The quantitative estimate of drug-likeness (QED) is 0.505. The van der Waals surface area contributed by atoms with Crippen molar-refractivity contribution >= 4 is 0 Å². The molecule has 31 heavy (non-hydrogen) atoms. The van der Waals surface area contributed by atoms with Crippen molar-refractivity contribution in [2.24, 2.45) is 0 Å². The van der Waals surface area contributed by atoms with Gasteiger partial charge in [0.25, 0.3) is 0 Å². The number of para-hydroxylation sites is 1. The summed E-state index contributed by atoms with van der Waals surface area (Å²) in [6.07, 6.45) is 3.04. The molecule has 0 N–H and O–H groups in total. The standard InChI is InChI=1S/C22H17FN4O4/c1-29-22-15(23)3-2-4-17(22)26-10-8-18(28)21(25-26)16-7-9-24-27(16)14-5-6-19-20(13-14)31-12-11-30-19/h2-10,13H,11-12H2,1H3. The Morgan fingerprint density at radius 1 is 1.06 bits per heavy atom. The van der Waals surface area contributed by atoms with E-state index in [2.05, 4.69) is 10.2 Å². The second-order valence-electron chi connectivity index (χ2n) is 6.72. The van der Waals surface area contributed by atoms with Crippen LogP contribution in [0.3, 0.4) is 0 Å². The molecule has 0 atom stereocenters. The van der Waals surface area contributed by atoms with Crippen molar-refractivity contribution in [3.63, 3.8) is 0 Å². The Hall–Kier alpha value is -4.14. The van der Waals surface area contributed by atoms with Crippen LogP contribution < -0.4 is 19.6 Å². The molecule has 3 heterocycles. The number of fused-ring (bicyclic) bond motifs is 1. The number of hydrogen-bond acceptors (Lipinski definition) is 6. The van der Waals surface area contributed by atoms with Crippen LogP contribution in [-0.2, 0) is 0 Å². The fraction of sp³-hybridized carbons (Fsp3) is 0.136. The molecule has 8 nitrogen and oxygen atoms in total. The van der Waals surface area contributed by atoms with E-state index in [0.29, 0.717) is 41.8 Å². The van der Waals surface area contributed by atoms with Crippen molar-refractivity contribution in [3.05, 3.63) is 77.0 Å². The maximum Gasteiger partial charge on any atom is 0.209 e. The number of rotatable bonds is 4. The molecule has 0 bridgehead atoms. The number of nitrogens with zero attached hydrogens (tertiary/aromatic N) is 4. The third-order valence-corrected chi connectivity index (χ3v) is 4.86. The molecule has 0 saturated carbocycles. The zero-order valence-corrected chi connectivity index (χ0v) is 16.5. The van der Waals surface area contributed by atoms with Gasteiger partial charge in [-0.3, -0.25) is 4.79 Å². The van der Waals surface area contributed by atoms with Crippen molar-refractivity contribution < 1.29 is 18.6 Å². The summed E-state index contributed by atoms with van der Waals surface area (Å²) in [5, 5.41) is 8.80. The summed E-state index contributed by atoms with van der Waals surface area (Å²) in [5.41, 5.74) is 1.39. The van der Waals surface area contributed by atoms with E-state index < -0.39 is 5.82 Å². The van der Waals surface area contributed by atoms with Gasteiger partial charge < -0.3 is 14.2 Å². The van der Waals surface area contributed by atoms with E-state index in [4.69, 9.17) is 14.2 Å².